The van der Waals surface area contributed by atoms with Crippen LogP contribution in [-0.2, 0) is 6.54 Å². The van der Waals surface area contributed by atoms with Crippen LogP contribution >= 0.6 is 0 Å². The molecular weight excluding hydrogens is 218 g/mol. The number of carbonyl (C=O) groups excluding carboxylic acids is 1. The Kier molecular flexibility index (Phi) is 2.86. The van der Waals surface area contributed by atoms with Gasteiger partial charge in [0.15, 0.2) is 0 Å². The number of amides is 1. The Balaban J connectivity index is 2.65. The van der Waals surface area contributed by atoms with Gasteiger partial charge in [-0.25, -0.2) is 9.97 Å². The second-order valence-electron chi connectivity index (χ2n) is 3.63. The summed E-state index contributed by atoms with van der Waals surface area (Å²) >= 11 is 0. The number of nitrogens with two attached hydrogens (primary N) is 1. The summed E-state index contributed by atoms with van der Waals surface area (Å²) in [4.78, 5) is 24.1. The van der Waals surface area contributed by atoms with Gasteiger partial charge in [-0.2, -0.15) is 0 Å². The molecule has 0 atom stereocenters. The Labute approximate surface area is 98.7 Å². The lowest BCUT2D eigenvalue weighted by Crippen LogP contribution is -2.14. The fourth-order valence-electron chi connectivity index (χ4n) is 1.78. The van der Waals surface area contributed by atoms with Crippen molar-refractivity contribution in [3.63, 3.8) is 0 Å². The Morgan fingerprint density at radius 1 is 1.53 bits per heavy atom. The van der Waals surface area contributed by atoms with E-state index in [1.54, 1.807) is 20.2 Å². The second-order valence-corrected chi connectivity index (χ2v) is 3.63. The fraction of sp³-hybridized carbons (Fsp3) is 0.273. The summed E-state index contributed by atoms with van der Waals surface area (Å²) in [5, 5.41) is 2.72. The number of fused-ring (bicyclic) bond motifs is 1. The zero-order valence-corrected chi connectivity index (χ0v) is 9.69. The molecule has 17 heavy (non-hydrogen) atoms. The first-order chi connectivity index (χ1) is 8.17. The Morgan fingerprint density at radius 2 is 2.29 bits per heavy atom. The van der Waals surface area contributed by atoms with Crippen LogP contribution in [0.2, 0.25) is 0 Å². The van der Waals surface area contributed by atoms with Crippen molar-refractivity contribution >= 4 is 17.7 Å². The number of aryl methyl sites for hydroxylation is 1. The topological polar surface area (TPSA) is 93.3 Å². The number of aromatic nitrogens is 2. The highest BCUT2D eigenvalue weighted by Gasteiger charge is 2.26. The molecule has 0 saturated heterocycles. The predicted molar refractivity (Wildman–Crippen MR) is 64.5 cm³/mol. The highest BCUT2D eigenvalue weighted by atomic mass is 16.1. The Hall–Kier alpha value is -2.24. The van der Waals surface area contributed by atoms with Gasteiger partial charge in [0.05, 0.1) is 23.5 Å². The minimum Gasteiger partial charge on any atom is -0.404 e. The van der Waals surface area contributed by atoms with Crippen molar-refractivity contribution in [3.8, 4) is 0 Å². The van der Waals surface area contributed by atoms with Crippen molar-refractivity contribution in [1.29, 1.82) is 0 Å². The summed E-state index contributed by atoms with van der Waals surface area (Å²) in [7, 11) is 1.64. The van der Waals surface area contributed by atoms with E-state index in [0.717, 1.165) is 0 Å². The second kappa shape index (κ2) is 4.32. The van der Waals surface area contributed by atoms with Gasteiger partial charge in [0.2, 0.25) is 0 Å². The number of carbonyl (C=O) groups is 1. The maximum Gasteiger partial charge on any atom is 0.255 e. The van der Waals surface area contributed by atoms with Crippen LogP contribution in [0.3, 0.4) is 0 Å². The molecule has 0 unspecified atom stereocenters. The van der Waals surface area contributed by atoms with Crippen LogP contribution in [-0.4, -0.2) is 29.1 Å². The van der Waals surface area contributed by atoms with Gasteiger partial charge in [0.25, 0.3) is 5.91 Å². The van der Waals surface area contributed by atoms with E-state index < -0.39 is 0 Å². The molecular formula is C11H13N5O. The van der Waals surface area contributed by atoms with E-state index >= 15 is 0 Å². The van der Waals surface area contributed by atoms with Crippen molar-refractivity contribution in [2.24, 2.45) is 10.7 Å². The lowest BCUT2D eigenvalue weighted by Gasteiger charge is -2.06. The van der Waals surface area contributed by atoms with Crippen LogP contribution in [0.15, 0.2) is 11.2 Å². The van der Waals surface area contributed by atoms with Gasteiger partial charge in [-0.05, 0) is 6.92 Å². The van der Waals surface area contributed by atoms with E-state index in [0.29, 0.717) is 34.9 Å². The average Bonchev–Trinajstić information content (AvgIpc) is 2.67. The smallest absolute Gasteiger partial charge is 0.255 e. The maximum atomic E-state index is 11.7. The van der Waals surface area contributed by atoms with E-state index in [2.05, 4.69) is 20.3 Å². The van der Waals surface area contributed by atoms with Gasteiger partial charge in [-0.1, -0.05) is 0 Å². The first-order valence-electron chi connectivity index (χ1n) is 5.17. The molecule has 6 heteroatoms. The molecule has 6 nitrogen and oxygen atoms in total. The quantitative estimate of drug-likeness (QED) is 0.702. The van der Waals surface area contributed by atoms with Gasteiger partial charge >= 0.3 is 0 Å². The van der Waals surface area contributed by atoms with Crippen LogP contribution in [0.25, 0.3) is 5.57 Å². The van der Waals surface area contributed by atoms with Crippen molar-refractivity contribution in [3.05, 3.63) is 29.0 Å². The maximum absolute atomic E-state index is 11.7. The monoisotopic (exact) mass is 231 g/mol. The molecule has 0 radical (unpaired) electrons. The van der Waals surface area contributed by atoms with Crippen LogP contribution in [0.1, 0.15) is 27.6 Å². The van der Waals surface area contributed by atoms with Crippen LogP contribution < -0.4 is 11.1 Å². The highest BCUT2D eigenvalue weighted by molar-refractivity contribution is 6.13. The summed E-state index contributed by atoms with van der Waals surface area (Å²) in [6.45, 7) is 2.22. The molecule has 88 valence electrons. The summed E-state index contributed by atoms with van der Waals surface area (Å²) in [5.74, 6) is 0.443. The van der Waals surface area contributed by atoms with Crippen molar-refractivity contribution in [1.82, 2.24) is 15.3 Å². The molecule has 3 N–H and O–H groups in total. The number of rotatable bonds is 2. The Morgan fingerprint density at radius 3 is 2.94 bits per heavy atom. The summed E-state index contributed by atoms with van der Waals surface area (Å²) in [6, 6.07) is 0. The molecule has 1 aromatic heterocycles. The zero-order chi connectivity index (χ0) is 12.4. The molecule has 0 fully saturated rings. The van der Waals surface area contributed by atoms with Crippen LogP contribution in [0, 0.1) is 6.92 Å². The van der Waals surface area contributed by atoms with E-state index in [-0.39, 0.29) is 5.91 Å². The average molecular weight is 231 g/mol. The normalized spacial score (nSPS) is 15.2. The molecule has 1 aliphatic heterocycles. The molecule has 0 aromatic carbocycles. The molecule has 0 bridgehead atoms. The third kappa shape index (κ3) is 1.89. The van der Waals surface area contributed by atoms with Crippen molar-refractivity contribution in [2.75, 3.05) is 7.05 Å². The van der Waals surface area contributed by atoms with E-state index in [9.17, 15) is 4.79 Å². The number of hydrogen-bond donors (Lipinski definition) is 2. The van der Waals surface area contributed by atoms with Gasteiger partial charge in [0, 0.05) is 25.0 Å². The van der Waals surface area contributed by atoms with Gasteiger partial charge < -0.3 is 11.1 Å². The first kappa shape index (κ1) is 11.3. The molecule has 0 saturated carbocycles. The molecule has 2 rings (SSSR count). The molecule has 0 aliphatic carbocycles. The number of hydrogen-bond acceptors (Lipinski definition) is 5. The highest BCUT2D eigenvalue weighted by Crippen LogP contribution is 2.21. The Bertz CT molecular complexity index is 533. The zero-order valence-electron chi connectivity index (χ0n) is 9.69. The summed E-state index contributed by atoms with van der Waals surface area (Å²) in [5.41, 5.74) is 7.89. The summed E-state index contributed by atoms with van der Waals surface area (Å²) < 4.78 is 0. The lowest BCUT2D eigenvalue weighted by atomic mass is 10.1. The van der Waals surface area contributed by atoms with Crippen molar-refractivity contribution < 1.29 is 4.79 Å². The molecule has 1 aliphatic rings. The molecule has 1 aromatic rings. The first-order valence-corrected chi connectivity index (χ1v) is 5.17. The number of aliphatic imine (C=N–C) groups is 1. The number of nitrogens with zero attached hydrogens (tertiary/aromatic N) is 3. The fourth-order valence-corrected chi connectivity index (χ4v) is 1.78. The third-order valence-electron chi connectivity index (χ3n) is 2.46. The molecule has 2 heterocycles. The molecule has 1 amide bonds. The van der Waals surface area contributed by atoms with Crippen molar-refractivity contribution in [2.45, 2.75) is 13.5 Å². The van der Waals surface area contributed by atoms with E-state index in [4.69, 9.17) is 5.73 Å². The van der Waals surface area contributed by atoms with Crippen LogP contribution in [0.4, 0.5) is 0 Å². The van der Waals surface area contributed by atoms with Crippen LogP contribution in [0.5, 0.6) is 0 Å². The lowest BCUT2D eigenvalue weighted by molar-refractivity contribution is 0.0965. The summed E-state index contributed by atoms with van der Waals surface area (Å²) in [6.07, 6.45) is 2.97. The predicted octanol–water partition coefficient (Wildman–Crippen LogP) is 0.0286. The SMILES string of the molecule is CN=CC(=CN)c1nc(C)nc2c1C(=O)NC2. The third-order valence-corrected chi connectivity index (χ3v) is 2.46. The van der Waals surface area contributed by atoms with E-state index in [1.807, 2.05) is 0 Å². The molecule has 0 spiro atoms. The van der Waals surface area contributed by atoms with Gasteiger partial charge in [-0.3, -0.25) is 9.79 Å². The number of nitrogens with one attached hydrogen (secondary N) is 1. The van der Waals surface area contributed by atoms with Gasteiger partial charge in [-0.15, -0.1) is 0 Å². The minimum atomic E-state index is -0.168. The minimum absolute atomic E-state index is 0.168. The largest absolute Gasteiger partial charge is 0.404 e. The number of allylic oxidation sites excluding steroid dienone is 1. The standard InChI is InChI=1S/C11H13N5O/c1-6-15-8-5-14-11(17)9(8)10(16-6)7(3-12)4-13-2/h3-4H,5,12H2,1-2H3,(H,14,17). The van der Waals surface area contributed by atoms with E-state index in [1.165, 1.54) is 6.20 Å². The van der Waals surface area contributed by atoms with Gasteiger partial charge in [0.1, 0.15) is 5.82 Å².